The molecule has 1 atom stereocenters. The Hall–Kier alpha value is -1.40. The second-order valence-electron chi connectivity index (χ2n) is 4.87. The maximum Gasteiger partial charge on any atom is 0.314 e. The number of hydrogen-bond donors (Lipinski definition) is 2. The SMILES string of the molecule is COc1ccc(CCNC(=O)NCC(CCSC)OC)cc1. The predicted octanol–water partition coefficient (Wildman–Crippen LogP) is 2.30. The lowest BCUT2D eigenvalue weighted by molar-refractivity contribution is 0.101. The van der Waals surface area contributed by atoms with Gasteiger partial charge in [-0.3, -0.25) is 0 Å². The summed E-state index contributed by atoms with van der Waals surface area (Å²) in [5.41, 5.74) is 1.16. The molecule has 0 radical (unpaired) electrons. The van der Waals surface area contributed by atoms with Gasteiger partial charge in [0.25, 0.3) is 0 Å². The van der Waals surface area contributed by atoms with Crippen molar-refractivity contribution < 1.29 is 14.3 Å². The Bertz CT molecular complexity index is 426. The minimum atomic E-state index is -0.153. The zero-order chi connectivity index (χ0) is 16.2. The third kappa shape index (κ3) is 7.56. The molecule has 1 aromatic carbocycles. The second kappa shape index (κ2) is 11.2. The van der Waals surface area contributed by atoms with Crippen LogP contribution in [0.25, 0.3) is 0 Å². The van der Waals surface area contributed by atoms with Crippen LogP contribution in [0.3, 0.4) is 0 Å². The van der Waals surface area contributed by atoms with Gasteiger partial charge in [-0.25, -0.2) is 4.79 Å². The summed E-state index contributed by atoms with van der Waals surface area (Å²) in [6.07, 6.45) is 3.85. The van der Waals surface area contributed by atoms with Crippen LogP contribution >= 0.6 is 11.8 Å². The van der Waals surface area contributed by atoms with Gasteiger partial charge in [-0.1, -0.05) is 12.1 Å². The quantitative estimate of drug-likeness (QED) is 0.693. The number of amides is 2. The van der Waals surface area contributed by atoms with Gasteiger partial charge in [0, 0.05) is 20.2 Å². The van der Waals surface area contributed by atoms with Crippen molar-refractivity contribution in [3.63, 3.8) is 0 Å². The molecule has 124 valence electrons. The normalized spacial score (nSPS) is 11.8. The van der Waals surface area contributed by atoms with Crippen LogP contribution < -0.4 is 15.4 Å². The maximum atomic E-state index is 11.7. The Balaban J connectivity index is 2.19. The average molecular weight is 326 g/mol. The molecule has 1 unspecified atom stereocenters. The van der Waals surface area contributed by atoms with Gasteiger partial charge in [0.05, 0.1) is 13.2 Å². The lowest BCUT2D eigenvalue weighted by atomic mass is 10.1. The maximum absolute atomic E-state index is 11.7. The molecule has 1 rings (SSSR count). The first-order valence-electron chi connectivity index (χ1n) is 7.36. The smallest absolute Gasteiger partial charge is 0.314 e. The number of rotatable bonds is 10. The van der Waals surface area contributed by atoms with E-state index in [1.807, 2.05) is 24.3 Å². The van der Waals surface area contributed by atoms with Gasteiger partial charge in [0.15, 0.2) is 0 Å². The van der Waals surface area contributed by atoms with E-state index in [1.165, 1.54) is 0 Å². The molecule has 2 N–H and O–H groups in total. The van der Waals surface area contributed by atoms with E-state index >= 15 is 0 Å². The summed E-state index contributed by atoms with van der Waals surface area (Å²) >= 11 is 1.78. The van der Waals surface area contributed by atoms with Crippen molar-refractivity contribution in [3.8, 4) is 5.75 Å². The molecule has 0 spiro atoms. The minimum absolute atomic E-state index is 0.0692. The van der Waals surface area contributed by atoms with Crippen molar-refractivity contribution in [1.82, 2.24) is 10.6 Å². The molecule has 0 saturated heterocycles. The first-order chi connectivity index (χ1) is 10.7. The summed E-state index contributed by atoms with van der Waals surface area (Å²) in [7, 11) is 3.32. The fraction of sp³-hybridized carbons (Fsp3) is 0.562. The van der Waals surface area contributed by atoms with Gasteiger partial charge in [0.2, 0.25) is 0 Å². The fourth-order valence-corrected chi connectivity index (χ4v) is 2.43. The Morgan fingerprint density at radius 1 is 1.23 bits per heavy atom. The minimum Gasteiger partial charge on any atom is -0.497 e. The van der Waals surface area contributed by atoms with Crippen molar-refractivity contribution in [2.75, 3.05) is 39.3 Å². The zero-order valence-corrected chi connectivity index (χ0v) is 14.4. The molecule has 0 aliphatic rings. The number of benzene rings is 1. The molecule has 1 aromatic rings. The van der Waals surface area contributed by atoms with Crippen LogP contribution in [-0.2, 0) is 11.2 Å². The van der Waals surface area contributed by atoms with Crippen LogP contribution in [0, 0.1) is 0 Å². The number of thioether (sulfide) groups is 1. The van der Waals surface area contributed by atoms with E-state index in [0.717, 1.165) is 29.9 Å². The summed E-state index contributed by atoms with van der Waals surface area (Å²) in [6.45, 7) is 1.13. The highest BCUT2D eigenvalue weighted by molar-refractivity contribution is 7.98. The molecule has 6 heteroatoms. The van der Waals surface area contributed by atoms with Gasteiger partial charge in [-0.05, 0) is 42.5 Å². The topological polar surface area (TPSA) is 59.6 Å². The number of methoxy groups -OCH3 is 2. The number of carbonyl (C=O) groups is 1. The number of urea groups is 1. The molecule has 0 heterocycles. The van der Waals surface area contributed by atoms with Crippen molar-refractivity contribution in [1.29, 1.82) is 0 Å². The van der Waals surface area contributed by atoms with Gasteiger partial charge >= 0.3 is 6.03 Å². The van der Waals surface area contributed by atoms with Crippen molar-refractivity contribution in [2.45, 2.75) is 18.9 Å². The lowest BCUT2D eigenvalue weighted by Gasteiger charge is -2.15. The highest BCUT2D eigenvalue weighted by atomic mass is 32.2. The molecule has 0 fully saturated rings. The fourth-order valence-electron chi connectivity index (χ4n) is 1.93. The number of ether oxygens (including phenoxy) is 2. The molecule has 2 amide bonds. The van der Waals surface area contributed by atoms with Gasteiger partial charge < -0.3 is 20.1 Å². The molecule has 0 saturated carbocycles. The lowest BCUT2D eigenvalue weighted by Crippen LogP contribution is -2.41. The number of carbonyl (C=O) groups excluding carboxylic acids is 1. The van der Waals surface area contributed by atoms with E-state index < -0.39 is 0 Å². The third-order valence-corrected chi connectivity index (χ3v) is 3.97. The van der Waals surface area contributed by atoms with Crippen LogP contribution in [0.1, 0.15) is 12.0 Å². The molecule has 5 nitrogen and oxygen atoms in total. The Labute approximate surface area is 137 Å². The largest absolute Gasteiger partial charge is 0.497 e. The zero-order valence-electron chi connectivity index (χ0n) is 13.6. The summed E-state index contributed by atoms with van der Waals surface area (Å²) < 4.78 is 10.4. The molecule has 0 aliphatic carbocycles. The molecule has 0 bridgehead atoms. The molecule has 0 aromatic heterocycles. The van der Waals surface area contributed by atoms with E-state index in [2.05, 4.69) is 16.9 Å². The van der Waals surface area contributed by atoms with E-state index in [9.17, 15) is 4.79 Å². The van der Waals surface area contributed by atoms with Gasteiger partial charge in [0.1, 0.15) is 5.75 Å². The van der Waals surface area contributed by atoms with Crippen molar-refractivity contribution in [3.05, 3.63) is 29.8 Å². The standard InChI is InChI=1S/C16H26N2O3S/c1-20-14-6-4-13(5-7-14)8-10-17-16(19)18-12-15(21-2)9-11-22-3/h4-7,15H,8-12H2,1-3H3,(H2,17,18,19). The van der Waals surface area contributed by atoms with Crippen molar-refractivity contribution >= 4 is 17.8 Å². The Kier molecular flexibility index (Phi) is 9.50. The number of hydrogen-bond acceptors (Lipinski definition) is 4. The monoisotopic (exact) mass is 326 g/mol. The van der Waals surface area contributed by atoms with E-state index in [1.54, 1.807) is 26.0 Å². The second-order valence-corrected chi connectivity index (χ2v) is 5.86. The van der Waals surface area contributed by atoms with Crippen LogP contribution in [-0.4, -0.2) is 51.5 Å². The van der Waals surface area contributed by atoms with E-state index in [-0.39, 0.29) is 12.1 Å². The van der Waals surface area contributed by atoms with Crippen LogP contribution in [0.2, 0.25) is 0 Å². The van der Waals surface area contributed by atoms with Crippen molar-refractivity contribution in [2.24, 2.45) is 0 Å². The molecular weight excluding hydrogens is 300 g/mol. The summed E-state index contributed by atoms with van der Waals surface area (Å²) in [5, 5.41) is 5.70. The average Bonchev–Trinajstić information content (AvgIpc) is 2.55. The van der Waals surface area contributed by atoms with Crippen LogP contribution in [0.4, 0.5) is 4.79 Å². The highest BCUT2D eigenvalue weighted by Gasteiger charge is 2.08. The summed E-state index contributed by atoms with van der Waals surface area (Å²) in [4.78, 5) is 11.7. The van der Waals surface area contributed by atoms with Crippen LogP contribution in [0.15, 0.2) is 24.3 Å². The first-order valence-corrected chi connectivity index (χ1v) is 8.75. The predicted molar refractivity (Wildman–Crippen MR) is 91.9 cm³/mol. The van der Waals surface area contributed by atoms with Gasteiger partial charge in [-0.15, -0.1) is 0 Å². The summed E-state index contributed by atoms with van der Waals surface area (Å²) in [5.74, 6) is 1.87. The molecular formula is C16H26N2O3S. The van der Waals surface area contributed by atoms with E-state index in [0.29, 0.717) is 13.1 Å². The Morgan fingerprint density at radius 2 is 1.95 bits per heavy atom. The van der Waals surface area contributed by atoms with E-state index in [4.69, 9.17) is 9.47 Å². The molecule has 0 aliphatic heterocycles. The van der Waals surface area contributed by atoms with Gasteiger partial charge in [-0.2, -0.15) is 11.8 Å². The Morgan fingerprint density at radius 3 is 2.55 bits per heavy atom. The van der Waals surface area contributed by atoms with Crippen LogP contribution in [0.5, 0.6) is 5.75 Å². The summed E-state index contributed by atoms with van der Waals surface area (Å²) in [6, 6.07) is 7.69. The third-order valence-electron chi connectivity index (χ3n) is 3.33. The highest BCUT2D eigenvalue weighted by Crippen LogP contribution is 2.11. The first kappa shape index (κ1) is 18.6. The number of nitrogens with one attached hydrogen (secondary N) is 2. The molecule has 22 heavy (non-hydrogen) atoms.